The average molecular weight is 286 g/mol. The number of nitrogens with zero attached hydrogens (tertiary/aromatic N) is 1. The summed E-state index contributed by atoms with van der Waals surface area (Å²) in [7, 11) is 1.80. The van der Waals surface area contributed by atoms with E-state index in [1.807, 2.05) is 0 Å². The molecule has 1 aromatic carbocycles. The molecule has 1 saturated heterocycles. The van der Waals surface area contributed by atoms with Gasteiger partial charge < -0.3 is 10.2 Å². The van der Waals surface area contributed by atoms with Crippen LogP contribution in [0.3, 0.4) is 0 Å². The molecule has 2 rings (SSSR count). The Bertz CT molecular complexity index is 488. The molecular weight excluding hydrogens is 269 g/mol. The minimum absolute atomic E-state index is 0.0574. The number of hydrogen-bond donors (Lipinski definition) is 1. The van der Waals surface area contributed by atoms with E-state index in [9.17, 15) is 18.0 Å². The summed E-state index contributed by atoms with van der Waals surface area (Å²) in [4.78, 5) is 14.0. The maximum absolute atomic E-state index is 12.7. The van der Waals surface area contributed by atoms with Gasteiger partial charge in [-0.25, -0.2) is 0 Å². The number of benzene rings is 1. The second kappa shape index (κ2) is 5.83. The Labute approximate surface area is 115 Å². The van der Waals surface area contributed by atoms with Gasteiger partial charge in [-0.15, -0.1) is 0 Å². The molecule has 0 aliphatic carbocycles. The molecule has 1 heterocycles. The van der Waals surface area contributed by atoms with Crippen molar-refractivity contribution in [1.82, 2.24) is 10.2 Å². The van der Waals surface area contributed by atoms with Crippen molar-refractivity contribution in [3.05, 3.63) is 35.4 Å². The molecule has 1 aliphatic rings. The van der Waals surface area contributed by atoms with E-state index in [4.69, 9.17) is 0 Å². The average Bonchev–Trinajstić information content (AvgIpc) is 2.86. The van der Waals surface area contributed by atoms with Crippen LogP contribution < -0.4 is 5.32 Å². The lowest BCUT2D eigenvalue weighted by Gasteiger charge is -2.24. The van der Waals surface area contributed by atoms with Gasteiger partial charge in [0.1, 0.15) is 0 Å². The lowest BCUT2D eigenvalue weighted by molar-refractivity contribution is -0.137. The molecule has 0 spiro atoms. The Balaban J connectivity index is 2.21. The molecule has 20 heavy (non-hydrogen) atoms. The third-order valence-electron chi connectivity index (χ3n) is 3.51. The second-order valence-corrected chi connectivity index (χ2v) is 4.93. The lowest BCUT2D eigenvalue weighted by Crippen LogP contribution is -2.40. The van der Waals surface area contributed by atoms with Gasteiger partial charge >= 0.3 is 6.18 Å². The third kappa shape index (κ3) is 3.12. The van der Waals surface area contributed by atoms with E-state index < -0.39 is 11.7 Å². The molecule has 0 bridgehead atoms. The standard InChI is InChI=1S/C14H17F3N2O/c1-18-9-12-6-3-7-19(12)13(20)10-4-2-5-11(8-10)14(15,16)17/h2,4-5,8,12,18H,3,6-7,9H2,1H3. The van der Waals surface area contributed by atoms with E-state index in [1.54, 1.807) is 11.9 Å². The maximum Gasteiger partial charge on any atom is 0.416 e. The van der Waals surface area contributed by atoms with Crippen molar-refractivity contribution in [3.63, 3.8) is 0 Å². The number of rotatable bonds is 3. The third-order valence-corrected chi connectivity index (χ3v) is 3.51. The number of hydrogen-bond acceptors (Lipinski definition) is 2. The Hall–Kier alpha value is -1.56. The molecule has 1 atom stereocenters. The van der Waals surface area contributed by atoms with Gasteiger partial charge in [0.15, 0.2) is 0 Å². The van der Waals surface area contributed by atoms with Crippen LogP contribution in [-0.2, 0) is 6.18 Å². The predicted molar refractivity (Wildman–Crippen MR) is 69.4 cm³/mol. The molecule has 1 aromatic rings. The van der Waals surface area contributed by atoms with Crippen LogP contribution in [0.4, 0.5) is 13.2 Å². The molecule has 1 unspecified atom stereocenters. The summed E-state index contributed by atoms with van der Waals surface area (Å²) in [6, 6.07) is 4.68. The first-order valence-electron chi connectivity index (χ1n) is 6.56. The summed E-state index contributed by atoms with van der Waals surface area (Å²) >= 11 is 0. The smallest absolute Gasteiger partial charge is 0.334 e. The number of amides is 1. The van der Waals surface area contributed by atoms with E-state index >= 15 is 0 Å². The number of halogens is 3. The van der Waals surface area contributed by atoms with Crippen LogP contribution in [0.1, 0.15) is 28.8 Å². The van der Waals surface area contributed by atoms with Gasteiger partial charge in [-0.05, 0) is 38.1 Å². The first kappa shape index (κ1) is 14.8. The summed E-state index contributed by atoms with van der Waals surface area (Å²) in [6.07, 6.45) is -2.66. The zero-order chi connectivity index (χ0) is 14.8. The zero-order valence-electron chi connectivity index (χ0n) is 11.2. The first-order chi connectivity index (χ1) is 9.43. The summed E-state index contributed by atoms with van der Waals surface area (Å²) in [5.74, 6) is -0.325. The van der Waals surface area contributed by atoms with Crippen LogP contribution in [0.2, 0.25) is 0 Å². The van der Waals surface area contributed by atoms with Crippen molar-refractivity contribution < 1.29 is 18.0 Å². The number of carbonyl (C=O) groups is 1. The normalized spacial score (nSPS) is 19.4. The van der Waals surface area contributed by atoms with Crippen molar-refractivity contribution in [2.45, 2.75) is 25.1 Å². The predicted octanol–water partition coefficient (Wildman–Crippen LogP) is 2.53. The highest BCUT2D eigenvalue weighted by Crippen LogP contribution is 2.30. The van der Waals surface area contributed by atoms with E-state index in [2.05, 4.69) is 5.32 Å². The molecule has 1 aliphatic heterocycles. The van der Waals surface area contributed by atoms with Gasteiger partial charge in [0.25, 0.3) is 5.91 Å². The fourth-order valence-electron chi connectivity index (χ4n) is 2.55. The lowest BCUT2D eigenvalue weighted by atomic mass is 10.1. The zero-order valence-corrected chi connectivity index (χ0v) is 11.2. The number of likely N-dealkylation sites (tertiary alicyclic amines) is 1. The monoisotopic (exact) mass is 286 g/mol. The van der Waals surface area contributed by atoms with Gasteiger partial charge in [-0.3, -0.25) is 4.79 Å². The summed E-state index contributed by atoms with van der Waals surface area (Å²) in [5, 5.41) is 3.01. The van der Waals surface area contributed by atoms with E-state index in [0.29, 0.717) is 13.1 Å². The van der Waals surface area contributed by atoms with Gasteiger partial charge in [-0.1, -0.05) is 6.07 Å². The van der Waals surface area contributed by atoms with Crippen molar-refractivity contribution in [3.8, 4) is 0 Å². The van der Waals surface area contributed by atoms with Crippen molar-refractivity contribution >= 4 is 5.91 Å². The minimum atomic E-state index is -4.42. The number of likely N-dealkylation sites (N-methyl/N-ethyl adjacent to an activating group) is 1. The molecule has 0 aromatic heterocycles. The largest absolute Gasteiger partial charge is 0.416 e. The second-order valence-electron chi connectivity index (χ2n) is 4.93. The fraction of sp³-hybridized carbons (Fsp3) is 0.500. The molecule has 1 N–H and O–H groups in total. The SMILES string of the molecule is CNCC1CCCN1C(=O)c1cccc(C(F)(F)F)c1. The number of alkyl halides is 3. The van der Waals surface area contributed by atoms with E-state index in [1.165, 1.54) is 12.1 Å². The highest BCUT2D eigenvalue weighted by molar-refractivity contribution is 5.94. The summed E-state index contributed by atoms with van der Waals surface area (Å²) in [6.45, 7) is 1.26. The van der Waals surface area contributed by atoms with Crippen molar-refractivity contribution in [2.75, 3.05) is 20.1 Å². The quantitative estimate of drug-likeness (QED) is 0.926. The minimum Gasteiger partial charge on any atom is -0.334 e. The molecule has 3 nitrogen and oxygen atoms in total. The van der Waals surface area contributed by atoms with Crippen LogP contribution in [0, 0.1) is 0 Å². The van der Waals surface area contributed by atoms with Gasteiger partial charge in [0.05, 0.1) is 5.56 Å². The van der Waals surface area contributed by atoms with Crippen LogP contribution in [0.15, 0.2) is 24.3 Å². The van der Waals surface area contributed by atoms with Crippen molar-refractivity contribution in [2.24, 2.45) is 0 Å². The Kier molecular flexibility index (Phi) is 4.32. The first-order valence-corrected chi connectivity index (χ1v) is 6.56. The van der Waals surface area contributed by atoms with Crippen LogP contribution >= 0.6 is 0 Å². The Morgan fingerprint density at radius 1 is 1.45 bits per heavy atom. The van der Waals surface area contributed by atoms with Gasteiger partial charge in [-0.2, -0.15) is 13.2 Å². The molecule has 1 fully saturated rings. The summed E-state index contributed by atoms with van der Waals surface area (Å²) in [5.41, 5.74) is -0.685. The number of carbonyl (C=O) groups excluding carboxylic acids is 1. The topological polar surface area (TPSA) is 32.3 Å². The highest BCUT2D eigenvalue weighted by atomic mass is 19.4. The fourth-order valence-corrected chi connectivity index (χ4v) is 2.55. The van der Waals surface area contributed by atoms with Crippen molar-refractivity contribution in [1.29, 1.82) is 0 Å². The highest BCUT2D eigenvalue weighted by Gasteiger charge is 2.33. The maximum atomic E-state index is 12.7. The molecule has 1 amide bonds. The molecular formula is C14H17F3N2O. The van der Waals surface area contributed by atoms with Crippen LogP contribution in [0.5, 0.6) is 0 Å². The van der Waals surface area contributed by atoms with Gasteiger partial charge in [0, 0.05) is 24.7 Å². The van der Waals surface area contributed by atoms with Crippen LogP contribution in [0.25, 0.3) is 0 Å². The Morgan fingerprint density at radius 2 is 2.20 bits per heavy atom. The van der Waals surface area contributed by atoms with E-state index in [0.717, 1.165) is 25.0 Å². The van der Waals surface area contributed by atoms with E-state index in [-0.39, 0.29) is 17.5 Å². The Morgan fingerprint density at radius 3 is 2.85 bits per heavy atom. The van der Waals surface area contributed by atoms with Crippen LogP contribution in [-0.4, -0.2) is 37.0 Å². The summed E-state index contributed by atoms with van der Waals surface area (Å²) < 4.78 is 38.0. The van der Waals surface area contributed by atoms with Gasteiger partial charge in [0.2, 0.25) is 0 Å². The molecule has 110 valence electrons. The number of nitrogens with one attached hydrogen (secondary N) is 1. The molecule has 6 heteroatoms. The molecule has 0 radical (unpaired) electrons. The molecule has 0 saturated carbocycles.